The van der Waals surface area contributed by atoms with Crippen molar-refractivity contribution in [3.63, 3.8) is 0 Å². The van der Waals surface area contributed by atoms with Crippen molar-refractivity contribution in [1.29, 1.82) is 0 Å². The van der Waals surface area contributed by atoms with Gasteiger partial charge in [-0.2, -0.15) is 0 Å². The molecule has 0 saturated carbocycles. The molecule has 4 heteroatoms. The third kappa shape index (κ3) is 5.68. The first kappa shape index (κ1) is 14.5. The summed E-state index contributed by atoms with van der Waals surface area (Å²) in [7, 11) is 1.91. The molecular formula is C14H22N2O2. The van der Waals surface area contributed by atoms with Crippen LogP contribution in [0.5, 0.6) is 5.75 Å². The Morgan fingerprint density at radius 3 is 2.50 bits per heavy atom. The molecule has 0 bridgehead atoms. The maximum Gasteiger partial charge on any atom is 0.223 e. The quantitative estimate of drug-likeness (QED) is 0.774. The van der Waals surface area contributed by atoms with Gasteiger partial charge in [-0.15, -0.1) is 0 Å². The molecule has 0 aromatic heterocycles. The van der Waals surface area contributed by atoms with Gasteiger partial charge in [0, 0.05) is 12.6 Å². The van der Waals surface area contributed by atoms with Crippen LogP contribution < -0.4 is 15.4 Å². The first-order chi connectivity index (χ1) is 8.61. The molecule has 0 aliphatic rings. The van der Waals surface area contributed by atoms with Gasteiger partial charge in [0.25, 0.3) is 0 Å². The van der Waals surface area contributed by atoms with E-state index in [2.05, 4.69) is 10.6 Å². The van der Waals surface area contributed by atoms with Crippen LogP contribution in [0.2, 0.25) is 0 Å². The smallest absolute Gasteiger partial charge is 0.223 e. The van der Waals surface area contributed by atoms with Crippen molar-refractivity contribution >= 4 is 5.91 Å². The van der Waals surface area contributed by atoms with Gasteiger partial charge in [0.05, 0.1) is 13.0 Å². The molecule has 1 aromatic carbocycles. The van der Waals surface area contributed by atoms with Crippen molar-refractivity contribution in [2.24, 2.45) is 0 Å². The van der Waals surface area contributed by atoms with Crippen LogP contribution in [0.4, 0.5) is 0 Å². The van der Waals surface area contributed by atoms with Crippen LogP contribution in [0.3, 0.4) is 0 Å². The molecule has 0 atom stereocenters. The summed E-state index contributed by atoms with van der Waals surface area (Å²) >= 11 is 0. The van der Waals surface area contributed by atoms with Gasteiger partial charge in [-0.25, -0.2) is 0 Å². The molecule has 1 rings (SSSR count). The zero-order valence-electron chi connectivity index (χ0n) is 11.3. The number of amides is 1. The molecule has 0 radical (unpaired) electrons. The number of hydrogen-bond donors (Lipinski definition) is 2. The summed E-state index contributed by atoms with van der Waals surface area (Å²) in [5.74, 6) is 0.823. The van der Waals surface area contributed by atoms with Gasteiger partial charge in [0.15, 0.2) is 0 Å². The molecule has 0 aliphatic carbocycles. The maximum atomic E-state index is 11.4. The number of benzene rings is 1. The van der Waals surface area contributed by atoms with Crippen LogP contribution >= 0.6 is 0 Å². The number of hydrogen-bond acceptors (Lipinski definition) is 3. The summed E-state index contributed by atoms with van der Waals surface area (Å²) in [6.07, 6.45) is 0.385. The Morgan fingerprint density at radius 1 is 1.28 bits per heavy atom. The van der Waals surface area contributed by atoms with E-state index in [0.29, 0.717) is 13.0 Å². The summed E-state index contributed by atoms with van der Waals surface area (Å²) in [6.45, 7) is 5.14. The van der Waals surface area contributed by atoms with Crippen molar-refractivity contribution in [2.45, 2.75) is 32.9 Å². The third-order valence-electron chi connectivity index (χ3n) is 2.35. The molecule has 0 fully saturated rings. The van der Waals surface area contributed by atoms with Gasteiger partial charge in [-0.1, -0.05) is 12.1 Å². The summed E-state index contributed by atoms with van der Waals surface area (Å²) < 4.78 is 5.51. The predicted octanol–water partition coefficient (Wildman–Crippen LogP) is 1.70. The Bertz CT molecular complexity index is 361. The largest absolute Gasteiger partial charge is 0.493 e. The topological polar surface area (TPSA) is 50.4 Å². The van der Waals surface area contributed by atoms with Crippen LogP contribution in [0.25, 0.3) is 0 Å². The van der Waals surface area contributed by atoms with Crippen LogP contribution in [0.1, 0.15) is 25.8 Å². The molecule has 1 aromatic rings. The number of carbonyl (C=O) groups is 1. The normalized spacial score (nSPS) is 10.4. The van der Waals surface area contributed by atoms with Gasteiger partial charge >= 0.3 is 0 Å². The molecule has 100 valence electrons. The van der Waals surface area contributed by atoms with E-state index < -0.39 is 0 Å². The molecule has 18 heavy (non-hydrogen) atoms. The Morgan fingerprint density at radius 2 is 1.94 bits per heavy atom. The maximum absolute atomic E-state index is 11.4. The van der Waals surface area contributed by atoms with E-state index in [-0.39, 0.29) is 11.9 Å². The van der Waals surface area contributed by atoms with Crippen molar-refractivity contribution < 1.29 is 9.53 Å². The van der Waals surface area contributed by atoms with Crippen LogP contribution in [-0.2, 0) is 11.3 Å². The van der Waals surface area contributed by atoms with Crippen molar-refractivity contribution in [3.8, 4) is 5.75 Å². The Hall–Kier alpha value is -1.55. The monoisotopic (exact) mass is 250 g/mol. The van der Waals surface area contributed by atoms with Crippen LogP contribution in [0, 0.1) is 0 Å². The van der Waals surface area contributed by atoms with Crippen LogP contribution in [-0.4, -0.2) is 25.6 Å². The lowest BCUT2D eigenvalue weighted by Crippen LogP contribution is -2.31. The lowest BCUT2D eigenvalue weighted by atomic mass is 10.2. The van der Waals surface area contributed by atoms with Gasteiger partial charge in [-0.3, -0.25) is 4.79 Å². The van der Waals surface area contributed by atoms with E-state index in [1.54, 1.807) is 0 Å². The standard InChI is InChI=1S/C14H22N2O2/c1-11(2)16-14(17)8-9-18-13-6-4-12(5-7-13)10-15-3/h4-7,11,15H,8-10H2,1-3H3,(H,16,17). The van der Waals surface area contributed by atoms with E-state index in [1.165, 1.54) is 5.56 Å². The average Bonchev–Trinajstić information content (AvgIpc) is 2.31. The van der Waals surface area contributed by atoms with Gasteiger partial charge in [0.2, 0.25) is 5.91 Å². The van der Waals surface area contributed by atoms with E-state index in [4.69, 9.17) is 4.74 Å². The van der Waals surface area contributed by atoms with E-state index >= 15 is 0 Å². The third-order valence-corrected chi connectivity index (χ3v) is 2.35. The molecule has 2 N–H and O–H groups in total. The summed E-state index contributed by atoms with van der Waals surface area (Å²) in [5.41, 5.74) is 1.21. The highest BCUT2D eigenvalue weighted by Gasteiger charge is 2.03. The van der Waals surface area contributed by atoms with Crippen molar-refractivity contribution in [2.75, 3.05) is 13.7 Å². The zero-order chi connectivity index (χ0) is 13.4. The lowest BCUT2D eigenvalue weighted by Gasteiger charge is -2.09. The van der Waals surface area contributed by atoms with Crippen molar-refractivity contribution in [3.05, 3.63) is 29.8 Å². The second-order valence-corrected chi connectivity index (χ2v) is 4.49. The highest BCUT2D eigenvalue weighted by atomic mass is 16.5. The molecule has 4 nitrogen and oxygen atoms in total. The molecule has 0 spiro atoms. The van der Waals surface area contributed by atoms with E-state index in [0.717, 1.165) is 12.3 Å². The first-order valence-corrected chi connectivity index (χ1v) is 6.27. The summed E-state index contributed by atoms with van der Waals surface area (Å²) in [6, 6.07) is 8.05. The molecule has 0 saturated heterocycles. The fraction of sp³-hybridized carbons (Fsp3) is 0.500. The number of ether oxygens (including phenoxy) is 1. The Kier molecular flexibility index (Phi) is 6.22. The van der Waals surface area contributed by atoms with E-state index in [1.807, 2.05) is 45.2 Å². The predicted molar refractivity (Wildman–Crippen MR) is 72.6 cm³/mol. The molecular weight excluding hydrogens is 228 g/mol. The second-order valence-electron chi connectivity index (χ2n) is 4.49. The number of nitrogens with one attached hydrogen (secondary N) is 2. The van der Waals surface area contributed by atoms with Gasteiger partial charge in [-0.05, 0) is 38.6 Å². The van der Waals surface area contributed by atoms with Crippen molar-refractivity contribution in [1.82, 2.24) is 10.6 Å². The summed E-state index contributed by atoms with van der Waals surface area (Å²) in [5, 5.41) is 5.91. The Labute approximate surface area is 109 Å². The minimum atomic E-state index is 0.0248. The average molecular weight is 250 g/mol. The molecule has 0 heterocycles. The number of carbonyl (C=O) groups excluding carboxylic acids is 1. The fourth-order valence-electron chi connectivity index (χ4n) is 1.56. The first-order valence-electron chi connectivity index (χ1n) is 6.27. The zero-order valence-corrected chi connectivity index (χ0v) is 11.3. The molecule has 0 aliphatic heterocycles. The van der Waals surface area contributed by atoms with E-state index in [9.17, 15) is 4.79 Å². The highest BCUT2D eigenvalue weighted by Crippen LogP contribution is 2.12. The Balaban J connectivity index is 2.28. The summed E-state index contributed by atoms with van der Waals surface area (Å²) in [4.78, 5) is 11.4. The number of rotatable bonds is 7. The molecule has 0 unspecified atom stereocenters. The minimum absolute atomic E-state index is 0.0248. The lowest BCUT2D eigenvalue weighted by molar-refractivity contribution is -0.122. The highest BCUT2D eigenvalue weighted by molar-refractivity contribution is 5.76. The molecule has 1 amide bonds. The SMILES string of the molecule is CNCc1ccc(OCCC(=O)NC(C)C)cc1. The second kappa shape index (κ2) is 7.71. The minimum Gasteiger partial charge on any atom is -0.493 e. The van der Waals surface area contributed by atoms with Gasteiger partial charge < -0.3 is 15.4 Å². The fourth-order valence-corrected chi connectivity index (χ4v) is 1.56. The van der Waals surface area contributed by atoms with Gasteiger partial charge in [0.1, 0.15) is 5.75 Å². The van der Waals surface area contributed by atoms with Crippen LogP contribution in [0.15, 0.2) is 24.3 Å².